The number of hydrogen-bond acceptors (Lipinski definition) is 1. The van der Waals surface area contributed by atoms with Crippen LogP contribution in [0.5, 0.6) is 0 Å². The second-order valence-corrected chi connectivity index (χ2v) is 6.16. The van der Waals surface area contributed by atoms with Crippen LogP contribution in [0, 0.1) is 11.8 Å². The minimum Gasteiger partial charge on any atom is -0.306 e. The Bertz CT molecular complexity index is 193. The molecule has 2 heterocycles. The molecule has 1 unspecified atom stereocenters. The number of fused-ring (bicyclic) bond motifs is 2. The molecule has 0 spiro atoms. The van der Waals surface area contributed by atoms with Gasteiger partial charge in [-0.3, -0.25) is 0 Å². The summed E-state index contributed by atoms with van der Waals surface area (Å²) in [7, 11) is 0. The molecule has 0 amide bonds. The van der Waals surface area contributed by atoms with Crippen LogP contribution in [0.2, 0.25) is 0 Å². The molecule has 0 aromatic heterocycles. The molecule has 2 saturated heterocycles. The van der Waals surface area contributed by atoms with Gasteiger partial charge < -0.3 is 5.32 Å². The van der Waals surface area contributed by atoms with Crippen molar-refractivity contribution < 1.29 is 0 Å². The Morgan fingerprint density at radius 1 is 1.08 bits per heavy atom. The van der Waals surface area contributed by atoms with Crippen LogP contribution < -0.4 is 5.32 Å². The van der Waals surface area contributed by atoms with Gasteiger partial charge in [-0.2, -0.15) is 0 Å². The van der Waals surface area contributed by atoms with E-state index < -0.39 is 0 Å². The molecule has 0 radical (unpaired) electrons. The maximum absolute atomic E-state index is 3.83. The van der Waals surface area contributed by atoms with Crippen molar-refractivity contribution in [3.63, 3.8) is 0 Å². The van der Waals surface area contributed by atoms with E-state index in [4.69, 9.17) is 0 Å². The van der Waals surface area contributed by atoms with Gasteiger partial charge in [0.05, 0.1) is 0 Å². The predicted molar refractivity (Wildman–Crippen MR) is 56.7 cm³/mol. The van der Waals surface area contributed by atoms with E-state index in [1.54, 1.807) is 0 Å². The lowest BCUT2D eigenvalue weighted by molar-refractivity contribution is 0.139. The van der Waals surface area contributed by atoms with E-state index >= 15 is 0 Å². The van der Waals surface area contributed by atoms with Crippen LogP contribution in [0.1, 0.15) is 53.4 Å². The van der Waals surface area contributed by atoms with Crippen molar-refractivity contribution in [1.82, 2.24) is 5.32 Å². The van der Waals surface area contributed by atoms with Crippen LogP contribution in [-0.4, -0.2) is 11.1 Å². The number of rotatable bonds is 1. The largest absolute Gasteiger partial charge is 0.306 e. The summed E-state index contributed by atoms with van der Waals surface area (Å²) in [5.74, 6) is 1.80. The lowest BCUT2D eigenvalue weighted by Gasteiger charge is -2.43. The summed E-state index contributed by atoms with van der Waals surface area (Å²) in [6, 6.07) is 0. The third-order valence-corrected chi connectivity index (χ3v) is 4.20. The zero-order chi connectivity index (χ0) is 9.69. The van der Waals surface area contributed by atoms with Gasteiger partial charge in [0.2, 0.25) is 0 Å². The zero-order valence-corrected chi connectivity index (χ0v) is 9.48. The summed E-state index contributed by atoms with van der Waals surface area (Å²) in [6.07, 6.45) is 5.54. The van der Waals surface area contributed by atoms with E-state index in [1.165, 1.54) is 25.7 Å². The number of piperidine rings is 1. The van der Waals surface area contributed by atoms with Crippen LogP contribution in [-0.2, 0) is 0 Å². The van der Waals surface area contributed by atoms with E-state index in [-0.39, 0.29) is 0 Å². The molecule has 1 N–H and O–H groups in total. The second kappa shape index (κ2) is 2.73. The first-order valence-electron chi connectivity index (χ1n) is 5.72. The highest BCUT2D eigenvalue weighted by molar-refractivity contribution is 5.08. The van der Waals surface area contributed by atoms with Gasteiger partial charge in [0.1, 0.15) is 0 Å². The average molecular weight is 181 g/mol. The van der Waals surface area contributed by atoms with Crippen molar-refractivity contribution in [1.29, 1.82) is 0 Å². The summed E-state index contributed by atoms with van der Waals surface area (Å²) >= 11 is 0. The molecule has 2 aliphatic heterocycles. The Balaban J connectivity index is 2.16. The van der Waals surface area contributed by atoms with Crippen LogP contribution in [0.3, 0.4) is 0 Å². The van der Waals surface area contributed by atoms with Gasteiger partial charge in [-0.1, -0.05) is 13.8 Å². The van der Waals surface area contributed by atoms with Gasteiger partial charge in [-0.25, -0.2) is 0 Å². The summed E-state index contributed by atoms with van der Waals surface area (Å²) < 4.78 is 0. The topological polar surface area (TPSA) is 12.0 Å². The van der Waals surface area contributed by atoms with E-state index in [2.05, 4.69) is 33.0 Å². The average Bonchev–Trinajstić information content (AvgIpc) is 2.20. The fourth-order valence-corrected chi connectivity index (χ4v) is 3.41. The molecule has 0 aromatic carbocycles. The van der Waals surface area contributed by atoms with Crippen LogP contribution >= 0.6 is 0 Å². The van der Waals surface area contributed by atoms with Crippen molar-refractivity contribution in [3.05, 3.63) is 0 Å². The highest BCUT2D eigenvalue weighted by Gasteiger charge is 2.48. The summed E-state index contributed by atoms with van der Waals surface area (Å²) in [6.45, 7) is 9.57. The maximum Gasteiger partial charge on any atom is 0.0161 e. The third-order valence-electron chi connectivity index (χ3n) is 4.20. The molecule has 1 nitrogen and oxygen atoms in total. The summed E-state index contributed by atoms with van der Waals surface area (Å²) in [5, 5.41) is 3.83. The Hall–Kier alpha value is -0.0400. The standard InChI is InChI=1S/C12H23N/c1-9(2)10-7-11(3)5-6-12(4,8-10)13-11/h9-10,13H,5-8H2,1-4H3/t10?,11-,12+. The molecule has 2 aliphatic rings. The van der Waals surface area contributed by atoms with Crippen molar-refractivity contribution in [2.45, 2.75) is 64.5 Å². The Labute approximate surface area is 82.3 Å². The van der Waals surface area contributed by atoms with Gasteiger partial charge in [0.15, 0.2) is 0 Å². The van der Waals surface area contributed by atoms with E-state index in [1.807, 2.05) is 0 Å². The predicted octanol–water partition coefficient (Wildman–Crippen LogP) is 2.95. The summed E-state index contributed by atoms with van der Waals surface area (Å²) in [4.78, 5) is 0. The van der Waals surface area contributed by atoms with Crippen LogP contribution in [0.25, 0.3) is 0 Å². The van der Waals surface area contributed by atoms with Gasteiger partial charge >= 0.3 is 0 Å². The number of hydrogen-bond donors (Lipinski definition) is 1. The number of nitrogens with one attached hydrogen (secondary N) is 1. The minimum atomic E-state index is 0.460. The molecular formula is C12H23N. The molecule has 0 aliphatic carbocycles. The molecule has 13 heavy (non-hydrogen) atoms. The minimum absolute atomic E-state index is 0.460. The lowest BCUT2D eigenvalue weighted by atomic mass is 9.75. The van der Waals surface area contributed by atoms with Crippen molar-refractivity contribution >= 4 is 0 Å². The van der Waals surface area contributed by atoms with Gasteiger partial charge in [0, 0.05) is 11.1 Å². The highest BCUT2D eigenvalue weighted by Crippen LogP contribution is 2.46. The van der Waals surface area contributed by atoms with Crippen molar-refractivity contribution in [2.75, 3.05) is 0 Å². The van der Waals surface area contributed by atoms with Crippen molar-refractivity contribution in [3.8, 4) is 0 Å². The normalized spacial score (nSPS) is 50.1. The first kappa shape index (κ1) is 9.51. The Morgan fingerprint density at radius 2 is 1.54 bits per heavy atom. The Kier molecular flexibility index (Phi) is 1.99. The molecule has 3 atom stereocenters. The van der Waals surface area contributed by atoms with Crippen LogP contribution in [0.4, 0.5) is 0 Å². The smallest absolute Gasteiger partial charge is 0.0161 e. The van der Waals surface area contributed by atoms with Crippen LogP contribution in [0.15, 0.2) is 0 Å². The molecule has 2 fully saturated rings. The highest BCUT2D eigenvalue weighted by atomic mass is 15.1. The van der Waals surface area contributed by atoms with Gasteiger partial charge in [-0.15, -0.1) is 0 Å². The molecule has 2 bridgehead atoms. The zero-order valence-electron chi connectivity index (χ0n) is 9.48. The first-order valence-corrected chi connectivity index (χ1v) is 5.72. The van der Waals surface area contributed by atoms with E-state index in [0.717, 1.165) is 11.8 Å². The molecule has 2 rings (SSSR count). The van der Waals surface area contributed by atoms with Gasteiger partial charge in [0.25, 0.3) is 0 Å². The quantitative estimate of drug-likeness (QED) is 0.656. The van der Waals surface area contributed by atoms with Gasteiger partial charge in [-0.05, 0) is 51.4 Å². The second-order valence-electron chi connectivity index (χ2n) is 6.16. The fraction of sp³-hybridized carbons (Fsp3) is 1.00. The molecule has 1 heteroatoms. The summed E-state index contributed by atoms with van der Waals surface area (Å²) in [5.41, 5.74) is 0.921. The molecular weight excluding hydrogens is 158 g/mol. The molecule has 0 aromatic rings. The SMILES string of the molecule is CC(C)C1C[C@]2(C)CC[C@](C)(C1)N2. The molecule has 76 valence electrons. The third kappa shape index (κ3) is 1.63. The Morgan fingerprint density at radius 3 is 1.92 bits per heavy atom. The first-order chi connectivity index (χ1) is 5.93. The monoisotopic (exact) mass is 181 g/mol. The molecule has 0 saturated carbocycles. The van der Waals surface area contributed by atoms with E-state index in [0.29, 0.717) is 11.1 Å². The fourth-order valence-electron chi connectivity index (χ4n) is 3.41. The van der Waals surface area contributed by atoms with Crippen molar-refractivity contribution in [2.24, 2.45) is 11.8 Å². The lowest BCUT2D eigenvalue weighted by Crippen LogP contribution is -2.54. The maximum atomic E-state index is 3.83. The van der Waals surface area contributed by atoms with E-state index in [9.17, 15) is 0 Å².